The molecule has 1 aromatic carbocycles. The summed E-state index contributed by atoms with van der Waals surface area (Å²) in [5.41, 5.74) is 1.03. The lowest BCUT2D eigenvalue weighted by atomic mass is 10.0. The van der Waals surface area contributed by atoms with Crippen molar-refractivity contribution in [2.45, 2.75) is 45.1 Å². The fraction of sp³-hybridized carbons (Fsp3) is 0.529. The summed E-state index contributed by atoms with van der Waals surface area (Å²) in [4.78, 5) is 25.9. The average molecular weight is 323 g/mol. The molecule has 1 fully saturated rings. The number of nitrogens with zero attached hydrogens (tertiary/aromatic N) is 1. The maximum Gasteiger partial charge on any atom is 0.240 e. The van der Waals surface area contributed by atoms with Crippen molar-refractivity contribution >= 4 is 23.4 Å². The normalized spacial score (nSPS) is 17.0. The first-order valence-electron chi connectivity index (χ1n) is 7.92. The van der Waals surface area contributed by atoms with Crippen LogP contribution in [0.2, 0.25) is 5.02 Å². The van der Waals surface area contributed by atoms with Gasteiger partial charge in [-0.05, 0) is 37.0 Å². The van der Waals surface area contributed by atoms with Gasteiger partial charge in [0, 0.05) is 18.0 Å². The Morgan fingerprint density at radius 1 is 1.27 bits per heavy atom. The topological polar surface area (TPSA) is 49.4 Å². The van der Waals surface area contributed by atoms with Gasteiger partial charge < -0.3 is 10.2 Å². The van der Waals surface area contributed by atoms with Crippen LogP contribution in [0.1, 0.15) is 50.6 Å². The zero-order chi connectivity index (χ0) is 15.9. The standard InChI is InChI=1S/C17H23ClN2O2/c1-2-15(13-7-9-14(18)10-8-13)19-16(21)12-20-11-5-3-4-6-17(20)22/h7-10,15H,2-6,11-12H2,1H3,(H,19,21)/t15-/m1/s1. The third-order valence-electron chi connectivity index (χ3n) is 4.02. The van der Waals surface area contributed by atoms with E-state index in [0.717, 1.165) is 31.2 Å². The molecule has 0 unspecified atom stereocenters. The van der Waals surface area contributed by atoms with E-state index >= 15 is 0 Å². The van der Waals surface area contributed by atoms with Crippen LogP contribution in [-0.2, 0) is 9.59 Å². The molecule has 1 aliphatic heterocycles. The van der Waals surface area contributed by atoms with Crippen molar-refractivity contribution in [3.63, 3.8) is 0 Å². The third-order valence-corrected chi connectivity index (χ3v) is 4.27. The molecule has 1 saturated heterocycles. The van der Waals surface area contributed by atoms with Gasteiger partial charge in [-0.15, -0.1) is 0 Å². The van der Waals surface area contributed by atoms with Crippen molar-refractivity contribution in [1.29, 1.82) is 0 Å². The minimum Gasteiger partial charge on any atom is -0.348 e. The smallest absolute Gasteiger partial charge is 0.240 e. The van der Waals surface area contributed by atoms with E-state index in [1.54, 1.807) is 4.90 Å². The van der Waals surface area contributed by atoms with Crippen LogP contribution >= 0.6 is 11.6 Å². The van der Waals surface area contributed by atoms with Gasteiger partial charge in [0.25, 0.3) is 0 Å². The van der Waals surface area contributed by atoms with Crippen LogP contribution in [0.4, 0.5) is 0 Å². The van der Waals surface area contributed by atoms with Crippen molar-refractivity contribution in [3.8, 4) is 0 Å². The van der Waals surface area contributed by atoms with Crippen LogP contribution in [-0.4, -0.2) is 29.8 Å². The fourth-order valence-electron chi connectivity index (χ4n) is 2.74. The summed E-state index contributed by atoms with van der Waals surface area (Å²) >= 11 is 5.89. The molecular weight excluding hydrogens is 300 g/mol. The Morgan fingerprint density at radius 3 is 2.68 bits per heavy atom. The summed E-state index contributed by atoms with van der Waals surface area (Å²) in [6, 6.07) is 7.45. The van der Waals surface area contributed by atoms with Crippen molar-refractivity contribution in [1.82, 2.24) is 10.2 Å². The summed E-state index contributed by atoms with van der Waals surface area (Å²) in [5.74, 6) is -0.00996. The highest BCUT2D eigenvalue weighted by Crippen LogP contribution is 2.19. The van der Waals surface area contributed by atoms with Crippen molar-refractivity contribution < 1.29 is 9.59 Å². The first kappa shape index (κ1) is 16.8. The summed E-state index contributed by atoms with van der Waals surface area (Å²) in [5, 5.41) is 3.70. The summed E-state index contributed by atoms with van der Waals surface area (Å²) in [6.45, 7) is 2.86. The summed E-state index contributed by atoms with van der Waals surface area (Å²) in [7, 11) is 0. The number of carbonyl (C=O) groups excluding carboxylic acids is 2. The summed E-state index contributed by atoms with van der Waals surface area (Å²) < 4.78 is 0. The molecule has 120 valence electrons. The lowest BCUT2D eigenvalue weighted by molar-refractivity contribution is -0.135. The molecule has 0 aliphatic carbocycles. The Balaban J connectivity index is 1.94. The minimum absolute atomic E-state index is 0.0492. The molecule has 1 aromatic rings. The fourth-order valence-corrected chi connectivity index (χ4v) is 2.86. The molecule has 0 aromatic heterocycles. The van der Waals surface area contributed by atoms with Crippen LogP contribution in [0.3, 0.4) is 0 Å². The largest absolute Gasteiger partial charge is 0.348 e. The zero-order valence-electron chi connectivity index (χ0n) is 13.0. The molecule has 0 saturated carbocycles. The molecule has 0 radical (unpaired) electrons. The number of hydrogen-bond acceptors (Lipinski definition) is 2. The van der Waals surface area contributed by atoms with Crippen LogP contribution < -0.4 is 5.32 Å². The number of amides is 2. The number of carbonyl (C=O) groups is 2. The van der Waals surface area contributed by atoms with E-state index in [1.807, 2.05) is 31.2 Å². The van der Waals surface area contributed by atoms with E-state index in [9.17, 15) is 9.59 Å². The van der Waals surface area contributed by atoms with Gasteiger partial charge >= 0.3 is 0 Å². The van der Waals surface area contributed by atoms with E-state index in [4.69, 9.17) is 11.6 Å². The molecule has 1 heterocycles. The second-order valence-corrected chi connectivity index (χ2v) is 6.14. The maximum atomic E-state index is 12.2. The van der Waals surface area contributed by atoms with E-state index in [-0.39, 0.29) is 24.4 Å². The van der Waals surface area contributed by atoms with Gasteiger partial charge in [0.15, 0.2) is 0 Å². The molecule has 0 bridgehead atoms. The highest BCUT2D eigenvalue weighted by molar-refractivity contribution is 6.30. The Morgan fingerprint density at radius 2 is 2.00 bits per heavy atom. The molecule has 0 spiro atoms. The van der Waals surface area contributed by atoms with E-state index < -0.39 is 0 Å². The van der Waals surface area contributed by atoms with Crippen LogP contribution in [0.15, 0.2) is 24.3 Å². The molecule has 1 atom stereocenters. The van der Waals surface area contributed by atoms with E-state index in [2.05, 4.69) is 5.32 Å². The van der Waals surface area contributed by atoms with Crippen LogP contribution in [0, 0.1) is 0 Å². The molecule has 22 heavy (non-hydrogen) atoms. The van der Waals surface area contributed by atoms with E-state index in [0.29, 0.717) is 18.0 Å². The Kier molecular flexibility index (Phi) is 6.25. The van der Waals surface area contributed by atoms with Gasteiger partial charge in [-0.25, -0.2) is 0 Å². The SMILES string of the molecule is CC[C@@H](NC(=O)CN1CCCCCC1=O)c1ccc(Cl)cc1. The molecule has 2 amide bonds. The molecule has 1 N–H and O–H groups in total. The second kappa shape index (κ2) is 8.18. The van der Waals surface area contributed by atoms with E-state index in [1.165, 1.54) is 0 Å². The van der Waals surface area contributed by atoms with Crippen LogP contribution in [0.25, 0.3) is 0 Å². The average Bonchev–Trinajstić information content (AvgIpc) is 2.71. The predicted molar refractivity (Wildman–Crippen MR) is 87.7 cm³/mol. The van der Waals surface area contributed by atoms with Gasteiger partial charge in [0.2, 0.25) is 11.8 Å². The quantitative estimate of drug-likeness (QED) is 0.904. The predicted octanol–water partition coefficient (Wildman–Crippen LogP) is 3.31. The first-order valence-corrected chi connectivity index (χ1v) is 8.30. The number of nitrogens with one attached hydrogen (secondary N) is 1. The minimum atomic E-state index is -0.1000. The maximum absolute atomic E-state index is 12.2. The highest BCUT2D eigenvalue weighted by Gasteiger charge is 2.20. The first-order chi connectivity index (χ1) is 10.6. The number of likely N-dealkylation sites (tertiary alicyclic amines) is 1. The second-order valence-electron chi connectivity index (χ2n) is 5.71. The number of halogens is 1. The number of benzene rings is 1. The monoisotopic (exact) mass is 322 g/mol. The third kappa shape index (κ3) is 4.73. The van der Waals surface area contributed by atoms with Crippen LogP contribution in [0.5, 0.6) is 0 Å². The lowest BCUT2D eigenvalue weighted by Gasteiger charge is -2.23. The van der Waals surface area contributed by atoms with Crippen molar-refractivity contribution in [2.24, 2.45) is 0 Å². The Bertz CT molecular complexity index is 516. The lowest BCUT2D eigenvalue weighted by Crippen LogP contribution is -2.41. The number of rotatable bonds is 5. The molecule has 4 nitrogen and oxygen atoms in total. The van der Waals surface area contributed by atoms with Gasteiger partial charge in [0.05, 0.1) is 12.6 Å². The van der Waals surface area contributed by atoms with Crippen molar-refractivity contribution in [3.05, 3.63) is 34.9 Å². The van der Waals surface area contributed by atoms with Gasteiger partial charge in [-0.3, -0.25) is 9.59 Å². The molecular formula is C17H23ClN2O2. The highest BCUT2D eigenvalue weighted by atomic mass is 35.5. The molecule has 2 rings (SSSR count). The Hall–Kier alpha value is -1.55. The molecule has 1 aliphatic rings. The van der Waals surface area contributed by atoms with Gasteiger partial charge in [0.1, 0.15) is 0 Å². The number of hydrogen-bond donors (Lipinski definition) is 1. The Labute approximate surface area is 136 Å². The zero-order valence-corrected chi connectivity index (χ0v) is 13.7. The van der Waals surface area contributed by atoms with Gasteiger partial charge in [-0.2, -0.15) is 0 Å². The molecule has 5 heteroatoms. The summed E-state index contributed by atoms with van der Waals surface area (Å²) in [6.07, 6.45) is 4.32. The van der Waals surface area contributed by atoms with Gasteiger partial charge in [-0.1, -0.05) is 37.1 Å². The van der Waals surface area contributed by atoms with Crippen molar-refractivity contribution in [2.75, 3.05) is 13.1 Å².